The van der Waals surface area contributed by atoms with Crippen LogP contribution in [0, 0.1) is 10.1 Å². The van der Waals surface area contributed by atoms with Crippen molar-refractivity contribution in [2.45, 2.75) is 0 Å². The van der Waals surface area contributed by atoms with E-state index in [0.717, 1.165) is 0 Å². The Hall–Kier alpha value is -3.19. The van der Waals surface area contributed by atoms with Gasteiger partial charge in [0.05, 0.1) is 15.5 Å². The lowest BCUT2D eigenvalue weighted by Crippen LogP contribution is -2.31. The predicted molar refractivity (Wildman–Crippen MR) is 89.2 cm³/mol. The van der Waals surface area contributed by atoms with Gasteiger partial charge in [-0.15, -0.1) is 0 Å². The Kier molecular flexibility index (Phi) is 5.28. The highest BCUT2D eigenvalue weighted by Crippen LogP contribution is 2.17. The Labute approximate surface area is 141 Å². The number of primary amides is 1. The van der Waals surface area contributed by atoms with Crippen LogP contribution in [0.25, 0.3) is 6.08 Å². The number of nitrogens with two attached hydrogens (primary N) is 1. The van der Waals surface area contributed by atoms with Gasteiger partial charge in [-0.1, -0.05) is 35.9 Å². The second-order valence-corrected chi connectivity index (χ2v) is 5.12. The maximum atomic E-state index is 12.2. The second-order valence-electron chi connectivity index (χ2n) is 4.71. The van der Waals surface area contributed by atoms with Crippen molar-refractivity contribution in [3.8, 4) is 0 Å². The van der Waals surface area contributed by atoms with Crippen LogP contribution in [0.1, 0.15) is 15.9 Å². The van der Waals surface area contributed by atoms with E-state index in [1.54, 1.807) is 12.1 Å². The molecule has 0 saturated heterocycles. The SMILES string of the molecule is NC(=O)C(=Cc1cccc([N+](=O)[O-])c1)NC(=O)c1ccccc1Cl. The molecule has 0 saturated carbocycles. The number of halogens is 1. The summed E-state index contributed by atoms with van der Waals surface area (Å²) in [4.78, 5) is 34.0. The molecule has 0 unspecified atom stereocenters. The molecule has 3 N–H and O–H groups in total. The molecule has 0 aliphatic carbocycles. The summed E-state index contributed by atoms with van der Waals surface area (Å²) in [6.45, 7) is 0. The van der Waals surface area contributed by atoms with Gasteiger partial charge in [-0.25, -0.2) is 0 Å². The number of non-ortho nitro benzene ring substituents is 1. The molecular weight excluding hydrogens is 334 g/mol. The quantitative estimate of drug-likeness (QED) is 0.492. The molecule has 0 spiro atoms. The summed E-state index contributed by atoms with van der Waals surface area (Å²) in [5, 5.41) is 13.4. The highest BCUT2D eigenvalue weighted by molar-refractivity contribution is 6.34. The second kappa shape index (κ2) is 7.38. The monoisotopic (exact) mass is 345 g/mol. The largest absolute Gasteiger partial charge is 0.364 e. The average Bonchev–Trinajstić information content (AvgIpc) is 2.54. The van der Waals surface area contributed by atoms with Crippen LogP contribution in [0.4, 0.5) is 5.69 Å². The normalized spacial score (nSPS) is 11.0. The van der Waals surface area contributed by atoms with Crippen LogP contribution in [-0.2, 0) is 4.79 Å². The molecule has 2 aromatic rings. The number of nitro groups is 1. The van der Waals surface area contributed by atoms with Gasteiger partial charge < -0.3 is 11.1 Å². The number of rotatable bonds is 5. The smallest absolute Gasteiger partial charge is 0.270 e. The molecule has 0 heterocycles. The molecule has 7 nitrogen and oxygen atoms in total. The summed E-state index contributed by atoms with van der Waals surface area (Å²) in [6.07, 6.45) is 1.25. The van der Waals surface area contributed by atoms with Gasteiger partial charge in [-0.2, -0.15) is 0 Å². The average molecular weight is 346 g/mol. The number of nitrogens with one attached hydrogen (secondary N) is 1. The Bertz CT molecular complexity index is 849. The molecule has 0 aromatic heterocycles. The minimum Gasteiger partial charge on any atom is -0.364 e. The van der Waals surface area contributed by atoms with E-state index in [-0.39, 0.29) is 22.0 Å². The zero-order valence-corrected chi connectivity index (χ0v) is 13.0. The van der Waals surface area contributed by atoms with E-state index >= 15 is 0 Å². The molecule has 0 bridgehead atoms. The number of hydrogen-bond acceptors (Lipinski definition) is 4. The number of benzene rings is 2. The van der Waals surface area contributed by atoms with E-state index in [1.165, 1.54) is 42.5 Å². The summed E-state index contributed by atoms with van der Waals surface area (Å²) < 4.78 is 0. The summed E-state index contributed by atoms with van der Waals surface area (Å²) in [5.74, 6) is -1.50. The van der Waals surface area contributed by atoms with E-state index in [9.17, 15) is 19.7 Å². The van der Waals surface area contributed by atoms with Crippen molar-refractivity contribution in [2.24, 2.45) is 5.73 Å². The van der Waals surface area contributed by atoms with Crippen molar-refractivity contribution in [1.29, 1.82) is 0 Å². The molecule has 2 aromatic carbocycles. The van der Waals surface area contributed by atoms with Gasteiger partial charge in [0.25, 0.3) is 17.5 Å². The van der Waals surface area contributed by atoms with Gasteiger partial charge in [0.1, 0.15) is 5.70 Å². The molecule has 0 radical (unpaired) electrons. The van der Waals surface area contributed by atoms with E-state index in [0.29, 0.717) is 5.56 Å². The van der Waals surface area contributed by atoms with Crippen molar-refractivity contribution in [3.05, 3.63) is 80.5 Å². The molecule has 0 fully saturated rings. The minimum atomic E-state index is -0.887. The predicted octanol–water partition coefficient (Wildman–Crippen LogP) is 2.50. The van der Waals surface area contributed by atoms with Crippen LogP contribution in [0.2, 0.25) is 5.02 Å². The molecular formula is C16H12ClN3O4. The van der Waals surface area contributed by atoms with Gasteiger partial charge >= 0.3 is 0 Å². The topological polar surface area (TPSA) is 115 Å². The van der Waals surface area contributed by atoms with E-state index in [4.69, 9.17) is 17.3 Å². The van der Waals surface area contributed by atoms with Crippen molar-refractivity contribution < 1.29 is 14.5 Å². The third-order valence-corrected chi connectivity index (χ3v) is 3.35. The lowest BCUT2D eigenvalue weighted by molar-refractivity contribution is -0.384. The van der Waals surface area contributed by atoms with Crippen LogP contribution >= 0.6 is 11.6 Å². The molecule has 8 heteroatoms. The third kappa shape index (κ3) is 4.17. The van der Waals surface area contributed by atoms with Crippen LogP contribution in [0.5, 0.6) is 0 Å². The fourth-order valence-electron chi connectivity index (χ4n) is 1.90. The first kappa shape index (κ1) is 17.2. The lowest BCUT2D eigenvalue weighted by atomic mass is 10.1. The Balaban J connectivity index is 2.31. The number of carbonyl (C=O) groups is 2. The molecule has 2 rings (SSSR count). The number of nitro benzene ring substituents is 1. The van der Waals surface area contributed by atoms with Gasteiger partial charge in [0, 0.05) is 12.1 Å². The standard InChI is InChI=1S/C16H12ClN3O4/c17-13-7-2-1-6-12(13)16(22)19-14(15(18)21)9-10-4-3-5-11(8-10)20(23)24/h1-9H,(H2,18,21)(H,19,22). The number of amides is 2. The first-order chi connectivity index (χ1) is 11.4. The maximum Gasteiger partial charge on any atom is 0.270 e. The van der Waals surface area contributed by atoms with Crippen LogP contribution in [0.3, 0.4) is 0 Å². The summed E-state index contributed by atoms with van der Waals surface area (Å²) in [6, 6.07) is 11.9. The fraction of sp³-hybridized carbons (Fsp3) is 0. The molecule has 0 aliphatic heterocycles. The molecule has 0 aliphatic rings. The summed E-state index contributed by atoms with van der Waals surface area (Å²) in [7, 11) is 0. The first-order valence-corrected chi connectivity index (χ1v) is 7.08. The van der Waals surface area contributed by atoms with Crippen molar-refractivity contribution >= 4 is 35.2 Å². The minimum absolute atomic E-state index is 0.148. The van der Waals surface area contributed by atoms with Crippen LogP contribution in [0.15, 0.2) is 54.2 Å². The molecule has 2 amide bonds. The maximum absolute atomic E-state index is 12.2. The summed E-state index contributed by atoms with van der Waals surface area (Å²) in [5.41, 5.74) is 5.42. The number of hydrogen-bond donors (Lipinski definition) is 2. The van der Waals surface area contributed by atoms with E-state index < -0.39 is 16.7 Å². The fourth-order valence-corrected chi connectivity index (χ4v) is 2.12. The highest BCUT2D eigenvalue weighted by Gasteiger charge is 2.15. The lowest BCUT2D eigenvalue weighted by Gasteiger charge is -2.08. The van der Waals surface area contributed by atoms with Gasteiger partial charge in [-0.05, 0) is 23.8 Å². The zero-order chi connectivity index (χ0) is 17.7. The number of nitrogens with zero attached hydrogens (tertiary/aromatic N) is 1. The Morgan fingerprint density at radius 3 is 2.50 bits per heavy atom. The Morgan fingerprint density at radius 1 is 1.17 bits per heavy atom. The highest BCUT2D eigenvalue weighted by atomic mass is 35.5. The van der Waals surface area contributed by atoms with E-state index in [2.05, 4.69) is 5.32 Å². The zero-order valence-electron chi connectivity index (χ0n) is 12.2. The summed E-state index contributed by atoms with van der Waals surface area (Å²) >= 11 is 5.93. The third-order valence-electron chi connectivity index (χ3n) is 3.02. The van der Waals surface area contributed by atoms with Gasteiger partial charge in [0.15, 0.2) is 0 Å². The van der Waals surface area contributed by atoms with Crippen molar-refractivity contribution in [2.75, 3.05) is 0 Å². The van der Waals surface area contributed by atoms with E-state index in [1.807, 2.05) is 0 Å². The van der Waals surface area contributed by atoms with Crippen molar-refractivity contribution in [3.63, 3.8) is 0 Å². The molecule has 122 valence electrons. The molecule has 0 atom stereocenters. The van der Waals surface area contributed by atoms with Crippen molar-refractivity contribution in [1.82, 2.24) is 5.32 Å². The Morgan fingerprint density at radius 2 is 1.88 bits per heavy atom. The molecule has 24 heavy (non-hydrogen) atoms. The van der Waals surface area contributed by atoms with Crippen LogP contribution < -0.4 is 11.1 Å². The van der Waals surface area contributed by atoms with Gasteiger partial charge in [0.2, 0.25) is 0 Å². The first-order valence-electron chi connectivity index (χ1n) is 6.70. The van der Waals surface area contributed by atoms with Crippen LogP contribution in [-0.4, -0.2) is 16.7 Å². The number of carbonyl (C=O) groups excluding carboxylic acids is 2. The van der Waals surface area contributed by atoms with Gasteiger partial charge in [-0.3, -0.25) is 19.7 Å².